The average molecular weight is 381 g/mol. The predicted octanol–water partition coefficient (Wildman–Crippen LogP) is 2.71. The van der Waals surface area contributed by atoms with E-state index in [2.05, 4.69) is 20.9 Å². The molecule has 5 nitrogen and oxygen atoms in total. The minimum atomic E-state index is -0.506. The van der Waals surface area contributed by atoms with Crippen LogP contribution in [0.4, 0.5) is 8.78 Å². The number of carbonyl (C=O) groups excluding carboxylic acids is 1. The van der Waals surface area contributed by atoms with Crippen LogP contribution < -0.4 is 16.0 Å². The van der Waals surface area contributed by atoms with Crippen LogP contribution in [0.2, 0.25) is 5.02 Å². The lowest BCUT2D eigenvalue weighted by molar-refractivity contribution is 0.0954. The summed E-state index contributed by atoms with van der Waals surface area (Å²) in [6.45, 7) is 0.801. The average Bonchev–Trinajstić information content (AvgIpc) is 2.64. The van der Waals surface area contributed by atoms with Gasteiger partial charge in [-0.25, -0.2) is 8.78 Å². The second-order valence-corrected chi connectivity index (χ2v) is 5.73. The van der Waals surface area contributed by atoms with E-state index in [0.717, 1.165) is 18.2 Å². The lowest BCUT2D eigenvalue weighted by atomic mass is 10.2. The topological polar surface area (TPSA) is 65.5 Å². The van der Waals surface area contributed by atoms with Crippen LogP contribution in [0.25, 0.3) is 0 Å². The first-order valence-electron chi connectivity index (χ1n) is 7.92. The fourth-order valence-corrected chi connectivity index (χ4v) is 2.40. The molecular formula is C18H19ClF2N4O. The molecule has 138 valence electrons. The quantitative estimate of drug-likeness (QED) is 0.410. The first kappa shape index (κ1) is 19.7. The summed E-state index contributed by atoms with van der Waals surface area (Å²) in [6.07, 6.45) is 0. The number of guanidine groups is 1. The fourth-order valence-electron chi connectivity index (χ4n) is 2.18. The number of aliphatic imine (C=N–C) groups is 1. The van der Waals surface area contributed by atoms with Gasteiger partial charge in [-0.05, 0) is 30.3 Å². The van der Waals surface area contributed by atoms with E-state index in [1.165, 1.54) is 0 Å². The fraction of sp³-hybridized carbons (Fsp3) is 0.222. The van der Waals surface area contributed by atoms with Gasteiger partial charge in [0.1, 0.15) is 11.6 Å². The van der Waals surface area contributed by atoms with Crippen LogP contribution in [-0.2, 0) is 6.54 Å². The summed E-state index contributed by atoms with van der Waals surface area (Å²) in [5, 5.41) is 8.96. The van der Waals surface area contributed by atoms with Gasteiger partial charge in [-0.1, -0.05) is 23.7 Å². The molecule has 0 fully saturated rings. The minimum absolute atomic E-state index is 0.0786. The van der Waals surface area contributed by atoms with Crippen LogP contribution in [0.15, 0.2) is 47.5 Å². The Kier molecular flexibility index (Phi) is 7.35. The summed E-state index contributed by atoms with van der Waals surface area (Å²) in [5.74, 6) is -0.877. The zero-order valence-corrected chi connectivity index (χ0v) is 14.9. The molecule has 3 N–H and O–H groups in total. The Morgan fingerprint density at radius 1 is 1.08 bits per heavy atom. The molecule has 0 saturated carbocycles. The molecule has 0 saturated heterocycles. The molecule has 0 heterocycles. The van der Waals surface area contributed by atoms with Crippen LogP contribution in [-0.4, -0.2) is 32.0 Å². The Bertz CT molecular complexity index is 799. The van der Waals surface area contributed by atoms with Crippen molar-refractivity contribution < 1.29 is 13.6 Å². The monoisotopic (exact) mass is 380 g/mol. The van der Waals surface area contributed by atoms with Crippen LogP contribution in [0.5, 0.6) is 0 Å². The van der Waals surface area contributed by atoms with E-state index in [0.29, 0.717) is 29.6 Å². The van der Waals surface area contributed by atoms with Gasteiger partial charge in [0.2, 0.25) is 0 Å². The van der Waals surface area contributed by atoms with E-state index in [4.69, 9.17) is 11.6 Å². The highest BCUT2D eigenvalue weighted by atomic mass is 35.5. The van der Waals surface area contributed by atoms with Gasteiger partial charge in [-0.15, -0.1) is 0 Å². The van der Waals surface area contributed by atoms with E-state index in [1.54, 1.807) is 31.3 Å². The molecule has 0 bridgehead atoms. The van der Waals surface area contributed by atoms with Crippen molar-refractivity contribution in [1.82, 2.24) is 16.0 Å². The maximum Gasteiger partial charge on any atom is 0.252 e. The number of nitrogens with zero attached hydrogens (tertiary/aromatic N) is 1. The van der Waals surface area contributed by atoms with E-state index in [-0.39, 0.29) is 18.0 Å². The maximum absolute atomic E-state index is 13.6. The van der Waals surface area contributed by atoms with E-state index >= 15 is 0 Å². The third-order valence-electron chi connectivity index (χ3n) is 3.50. The Morgan fingerprint density at radius 2 is 1.81 bits per heavy atom. The maximum atomic E-state index is 13.6. The largest absolute Gasteiger partial charge is 0.355 e. The Labute approximate surface area is 155 Å². The second-order valence-electron chi connectivity index (χ2n) is 5.32. The van der Waals surface area contributed by atoms with Crippen molar-refractivity contribution in [3.05, 3.63) is 70.2 Å². The molecular weight excluding hydrogens is 362 g/mol. The minimum Gasteiger partial charge on any atom is -0.355 e. The lowest BCUT2D eigenvalue weighted by Crippen LogP contribution is -2.41. The normalized spacial score (nSPS) is 11.2. The smallest absolute Gasteiger partial charge is 0.252 e. The molecule has 0 atom stereocenters. The number of amides is 1. The first-order valence-corrected chi connectivity index (χ1v) is 8.30. The van der Waals surface area contributed by atoms with Gasteiger partial charge in [0, 0.05) is 32.2 Å². The number of hydrogen-bond acceptors (Lipinski definition) is 2. The van der Waals surface area contributed by atoms with Crippen LogP contribution in [0, 0.1) is 11.6 Å². The SMILES string of the molecule is CN=C(NCCNC(=O)c1ccccc1Cl)NCc1cc(F)ccc1F. The van der Waals surface area contributed by atoms with E-state index in [9.17, 15) is 13.6 Å². The zero-order valence-electron chi connectivity index (χ0n) is 14.2. The van der Waals surface area contributed by atoms with Crippen molar-refractivity contribution in [1.29, 1.82) is 0 Å². The molecule has 2 aromatic rings. The highest BCUT2D eigenvalue weighted by molar-refractivity contribution is 6.33. The molecule has 1 amide bonds. The molecule has 8 heteroatoms. The third-order valence-corrected chi connectivity index (χ3v) is 3.83. The van der Waals surface area contributed by atoms with E-state index < -0.39 is 11.6 Å². The highest BCUT2D eigenvalue weighted by Crippen LogP contribution is 2.14. The van der Waals surface area contributed by atoms with Crippen LogP contribution >= 0.6 is 11.6 Å². The van der Waals surface area contributed by atoms with E-state index in [1.807, 2.05) is 0 Å². The molecule has 0 aliphatic rings. The van der Waals surface area contributed by atoms with Gasteiger partial charge < -0.3 is 16.0 Å². The molecule has 2 rings (SSSR count). The summed E-state index contributed by atoms with van der Waals surface area (Å²) in [7, 11) is 1.56. The van der Waals surface area contributed by atoms with Gasteiger partial charge in [0.05, 0.1) is 10.6 Å². The van der Waals surface area contributed by atoms with Crippen molar-refractivity contribution in [3.8, 4) is 0 Å². The summed E-state index contributed by atoms with van der Waals surface area (Å²) in [6, 6.07) is 10.0. The summed E-state index contributed by atoms with van der Waals surface area (Å²) < 4.78 is 26.7. The number of carbonyl (C=O) groups is 1. The number of rotatable bonds is 6. The Hall–Kier alpha value is -2.67. The van der Waals surface area contributed by atoms with Crippen molar-refractivity contribution in [2.75, 3.05) is 20.1 Å². The van der Waals surface area contributed by atoms with Gasteiger partial charge in [-0.2, -0.15) is 0 Å². The second kappa shape index (κ2) is 9.72. The molecule has 0 radical (unpaired) electrons. The van der Waals surface area contributed by atoms with Gasteiger partial charge in [0.15, 0.2) is 5.96 Å². The Morgan fingerprint density at radius 3 is 2.54 bits per heavy atom. The Balaban J connectivity index is 1.76. The number of nitrogens with one attached hydrogen (secondary N) is 3. The molecule has 26 heavy (non-hydrogen) atoms. The van der Waals surface area contributed by atoms with Crippen LogP contribution in [0.3, 0.4) is 0 Å². The summed E-state index contributed by atoms with van der Waals surface area (Å²) >= 11 is 5.97. The first-order chi connectivity index (χ1) is 12.5. The highest BCUT2D eigenvalue weighted by Gasteiger charge is 2.09. The van der Waals surface area contributed by atoms with Crippen molar-refractivity contribution in [3.63, 3.8) is 0 Å². The van der Waals surface area contributed by atoms with Crippen molar-refractivity contribution >= 4 is 23.5 Å². The standard InChI is InChI=1S/C18H19ClF2N4O/c1-22-18(25-11-12-10-13(20)6-7-16(12)21)24-9-8-23-17(26)14-4-2-3-5-15(14)19/h2-7,10H,8-9,11H2,1H3,(H,23,26)(H2,22,24,25). The molecule has 0 unspecified atom stereocenters. The van der Waals surface area contributed by atoms with Gasteiger partial charge >= 0.3 is 0 Å². The van der Waals surface area contributed by atoms with Gasteiger partial charge in [0.25, 0.3) is 5.91 Å². The van der Waals surface area contributed by atoms with Crippen molar-refractivity contribution in [2.24, 2.45) is 4.99 Å². The predicted molar refractivity (Wildman–Crippen MR) is 98.3 cm³/mol. The van der Waals surface area contributed by atoms with Crippen molar-refractivity contribution in [2.45, 2.75) is 6.54 Å². The zero-order chi connectivity index (χ0) is 18.9. The molecule has 0 aliphatic heterocycles. The molecule has 2 aromatic carbocycles. The van der Waals surface area contributed by atoms with Crippen LogP contribution in [0.1, 0.15) is 15.9 Å². The number of benzene rings is 2. The lowest BCUT2D eigenvalue weighted by Gasteiger charge is -2.13. The molecule has 0 aliphatic carbocycles. The van der Waals surface area contributed by atoms with Gasteiger partial charge in [-0.3, -0.25) is 9.79 Å². The summed E-state index contributed by atoms with van der Waals surface area (Å²) in [4.78, 5) is 16.0. The summed E-state index contributed by atoms with van der Waals surface area (Å²) in [5.41, 5.74) is 0.596. The number of halogens is 3. The third kappa shape index (κ3) is 5.70. The molecule has 0 spiro atoms. The molecule has 0 aromatic heterocycles. The number of hydrogen-bond donors (Lipinski definition) is 3.